The van der Waals surface area contributed by atoms with E-state index in [2.05, 4.69) is 9.72 Å². The first kappa shape index (κ1) is 15.2. The second-order valence-electron chi connectivity index (χ2n) is 3.59. The van der Waals surface area contributed by atoms with E-state index >= 15 is 0 Å². The van der Waals surface area contributed by atoms with Crippen LogP contribution in [0.15, 0.2) is 12.3 Å². The molecule has 2 unspecified atom stereocenters. The van der Waals surface area contributed by atoms with Crippen molar-refractivity contribution in [2.24, 2.45) is 0 Å². The molecule has 0 fully saturated rings. The van der Waals surface area contributed by atoms with Gasteiger partial charge in [0, 0.05) is 17.6 Å². The number of ether oxygens (including phenoxy) is 1. The summed E-state index contributed by atoms with van der Waals surface area (Å²) in [7, 11) is 1.23. The molecule has 1 rings (SSSR count). The molecule has 5 nitrogen and oxygen atoms in total. The topological polar surface area (TPSA) is 79.7 Å². The molecular weight excluding hydrogens is 281 g/mol. The van der Waals surface area contributed by atoms with Gasteiger partial charge >= 0.3 is 5.97 Å². The number of hydrogen-bond donors (Lipinski definition) is 2. The summed E-state index contributed by atoms with van der Waals surface area (Å²) < 4.78 is 4.53. The van der Waals surface area contributed by atoms with E-state index in [0.717, 1.165) is 0 Å². The second-order valence-corrected chi connectivity index (χ2v) is 4.32. The number of aliphatic hydroxyl groups excluding tert-OH is 2. The van der Waals surface area contributed by atoms with Crippen LogP contribution in [0.4, 0.5) is 0 Å². The van der Waals surface area contributed by atoms with Gasteiger partial charge < -0.3 is 14.9 Å². The van der Waals surface area contributed by atoms with Crippen molar-refractivity contribution in [3.63, 3.8) is 0 Å². The van der Waals surface area contributed by atoms with Crippen LogP contribution < -0.4 is 0 Å². The second kappa shape index (κ2) is 6.89. The van der Waals surface area contributed by atoms with E-state index in [1.165, 1.54) is 19.4 Å². The molecule has 0 saturated heterocycles. The standard InChI is InChI=1S/C11H13Cl2NO4/c1-18-11(17)6-4-7(10(13)14-5-6)9(16)8(15)2-3-12/h4-5,8-9,15-16H,2-3H2,1H3. The molecule has 7 heteroatoms. The van der Waals surface area contributed by atoms with Gasteiger partial charge in [0.05, 0.1) is 18.8 Å². The van der Waals surface area contributed by atoms with Crippen molar-refractivity contribution >= 4 is 29.2 Å². The summed E-state index contributed by atoms with van der Waals surface area (Å²) in [6.07, 6.45) is -0.900. The van der Waals surface area contributed by atoms with Crippen LogP contribution in [0.2, 0.25) is 5.15 Å². The minimum absolute atomic E-state index is 0.0174. The van der Waals surface area contributed by atoms with Gasteiger partial charge in [0.1, 0.15) is 11.3 Å². The summed E-state index contributed by atoms with van der Waals surface area (Å²) in [5.41, 5.74) is 0.311. The highest BCUT2D eigenvalue weighted by Gasteiger charge is 2.22. The summed E-state index contributed by atoms with van der Waals surface area (Å²) in [5.74, 6) is -0.403. The summed E-state index contributed by atoms with van der Waals surface area (Å²) in [4.78, 5) is 15.1. The number of alkyl halides is 1. The molecule has 0 bridgehead atoms. The smallest absolute Gasteiger partial charge is 0.339 e. The number of aromatic nitrogens is 1. The first-order chi connectivity index (χ1) is 8.51. The minimum atomic E-state index is -1.26. The fourth-order valence-corrected chi connectivity index (χ4v) is 1.82. The van der Waals surface area contributed by atoms with Crippen LogP contribution in [-0.2, 0) is 4.74 Å². The molecule has 0 aliphatic rings. The van der Waals surface area contributed by atoms with E-state index in [-0.39, 0.29) is 28.6 Å². The number of carbonyl (C=O) groups is 1. The van der Waals surface area contributed by atoms with Crippen molar-refractivity contribution in [1.82, 2.24) is 4.98 Å². The summed E-state index contributed by atoms with van der Waals surface area (Å²) >= 11 is 11.3. The number of hydrogen-bond acceptors (Lipinski definition) is 5. The molecule has 0 radical (unpaired) electrons. The van der Waals surface area contributed by atoms with Gasteiger partial charge in [-0.1, -0.05) is 11.6 Å². The SMILES string of the molecule is COC(=O)c1cnc(Cl)c(C(O)C(O)CCCl)c1. The average molecular weight is 294 g/mol. The van der Waals surface area contributed by atoms with Gasteiger partial charge in [0.2, 0.25) is 0 Å². The van der Waals surface area contributed by atoms with Crippen LogP contribution in [0.1, 0.15) is 28.4 Å². The molecule has 100 valence electrons. The Hall–Kier alpha value is -0.880. The lowest BCUT2D eigenvalue weighted by Gasteiger charge is -2.18. The number of methoxy groups -OCH3 is 1. The Morgan fingerprint density at radius 3 is 2.78 bits per heavy atom. The molecule has 2 N–H and O–H groups in total. The molecule has 0 aromatic carbocycles. The molecule has 18 heavy (non-hydrogen) atoms. The Morgan fingerprint density at radius 2 is 2.22 bits per heavy atom. The van der Waals surface area contributed by atoms with E-state index in [0.29, 0.717) is 0 Å². The van der Waals surface area contributed by atoms with Gasteiger partial charge in [-0.15, -0.1) is 11.6 Å². The van der Waals surface area contributed by atoms with Gasteiger partial charge in [-0.3, -0.25) is 0 Å². The van der Waals surface area contributed by atoms with Crippen molar-refractivity contribution in [1.29, 1.82) is 0 Å². The number of rotatable bonds is 5. The fraction of sp³-hybridized carbons (Fsp3) is 0.455. The zero-order valence-electron chi connectivity index (χ0n) is 9.64. The average Bonchev–Trinajstić information content (AvgIpc) is 2.37. The lowest BCUT2D eigenvalue weighted by molar-refractivity contribution is 0.0167. The highest BCUT2D eigenvalue weighted by molar-refractivity contribution is 6.30. The van der Waals surface area contributed by atoms with Crippen molar-refractivity contribution in [3.8, 4) is 0 Å². The van der Waals surface area contributed by atoms with Gasteiger partial charge in [0.25, 0.3) is 0 Å². The third kappa shape index (κ3) is 3.55. The molecular formula is C11H13Cl2NO4. The molecule has 0 aliphatic heterocycles. The molecule has 2 atom stereocenters. The molecule has 1 aromatic heterocycles. The monoisotopic (exact) mass is 293 g/mol. The Morgan fingerprint density at radius 1 is 1.56 bits per heavy atom. The quantitative estimate of drug-likeness (QED) is 0.489. The number of esters is 1. The summed E-state index contributed by atoms with van der Waals surface area (Å²) in [5, 5.41) is 19.6. The molecule has 0 spiro atoms. The van der Waals surface area contributed by atoms with Crippen LogP contribution >= 0.6 is 23.2 Å². The lowest BCUT2D eigenvalue weighted by atomic mass is 10.0. The van der Waals surface area contributed by atoms with Crippen LogP contribution in [0.3, 0.4) is 0 Å². The number of nitrogens with zero attached hydrogens (tertiary/aromatic N) is 1. The number of carbonyl (C=O) groups excluding carboxylic acids is 1. The Bertz CT molecular complexity index is 428. The maximum absolute atomic E-state index is 11.3. The highest BCUT2D eigenvalue weighted by Crippen LogP contribution is 2.26. The Labute approximate surface area is 114 Å². The molecule has 0 amide bonds. The van der Waals surface area contributed by atoms with Crippen LogP contribution in [0, 0.1) is 0 Å². The number of aliphatic hydroxyl groups is 2. The minimum Gasteiger partial charge on any atom is -0.465 e. The predicted molar refractivity (Wildman–Crippen MR) is 66.9 cm³/mol. The molecule has 1 heterocycles. The Kier molecular flexibility index (Phi) is 5.81. The summed E-state index contributed by atoms with van der Waals surface area (Å²) in [6, 6.07) is 1.34. The zero-order chi connectivity index (χ0) is 13.7. The highest BCUT2D eigenvalue weighted by atomic mass is 35.5. The van der Waals surface area contributed by atoms with Crippen molar-refractivity contribution < 1.29 is 19.7 Å². The number of pyridine rings is 1. The lowest BCUT2D eigenvalue weighted by Crippen LogP contribution is -2.20. The van der Waals surface area contributed by atoms with Gasteiger partial charge in [-0.2, -0.15) is 0 Å². The number of halogens is 2. The molecule has 1 aromatic rings. The first-order valence-electron chi connectivity index (χ1n) is 5.17. The predicted octanol–water partition coefficient (Wildman–Crippen LogP) is 1.54. The third-order valence-corrected chi connectivity index (χ3v) is 2.91. The van der Waals surface area contributed by atoms with E-state index in [9.17, 15) is 15.0 Å². The van der Waals surface area contributed by atoms with E-state index in [4.69, 9.17) is 23.2 Å². The van der Waals surface area contributed by atoms with E-state index in [1.807, 2.05) is 0 Å². The van der Waals surface area contributed by atoms with Crippen LogP contribution in [-0.4, -0.2) is 40.3 Å². The normalized spacial score (nSPS) is 14.1. The first-order valence-corrected chi connectivity index (χ1v) is 6.08. The largest absolute Gasteiger partial charge is 0.465 e. The van der Waals surface area contributed by atoms with Crippen molar-refractivity contribution in [3.05, 3.63) is 28.5 Å². The fourth-order valence-electron chi connectivity index (χ4n) is 1.38. The summed E-state index contributed by atoms with van der Waals surface area (Å²) in [6.45, 7) is 0. The van der Waals surface area contributed by atoms with Gasteiger partial charge in [-0.25, -0.2) is 9.78 Å². The maximum atomic E-state index is 11.3. The Balaban J connectivity index is 3.03. The molecule has 0 aliphatic carbocycles. The zero-order valence-corrected chi connectivity index (χ0v) is 11.1. The van der Waals surface area contributed by atoms with E-state index < -0.39 is 18.2 Å². The van der Waals surface area contributed by atoms with Gasteiger partial charge in [0.15, 0.2) is 0 Å². The van der Waals surface area contributed by atoms with E-state index in [1.54, 1.807) is 0 Å². The maximum Gasteiger partial charge on any atom is 0.339 e. The van der Waals surface area contributed by atoms with Crippen molar-refractivity contribution in [2.45, 2.75) is 18.6 Å². The van der Waals surface area contributed by atoms with Crippen molar-refractivity contribution in [2.75, 3.05) is 13.0 Å². The third-order valence-electron chi connectivity index (χ3n) is 2.38. The van der Waals surface area contributed by atoms with Crippen LogP contribution in [0.25, 0.3) is 0 Å². The molecule has 0 saturated carbocycles. The van der Waals surface area contributed by atoms with Gasteiger partial charge in [-0.05, 0) is 12.5 Å². The van der Waals surface area contributed by atoms with Crippen LogP contribution in [0.5, 0.6) is 0 Å².